The van der Waals surface area contributed by atoms with Gasteiger partial charge in [0, 0.05) is 25.2 Å². The molecule has 0 aromatic heterocycles. The number of ether oxygens (including phenoxy) is 1. The third-order valence-corrected chi connectivity index (χ3v) is 5.80. The Balaban J connectivity index is 1.45. The highest BCUT2D eigenvalue weighted by Gasteiger charge is 2.38. The molecule has 1 atom stereocenters. The van der Waals surface area contributed by atoms with Gasteiger partial charge in [-0.3, -0.25) is 4.79 Å². The van der Waals surface area contributed by atoms with E-state index in [1.807, 2.05) is 92.5 Å². The summed E-state index contributed by atoms with van der Waals surface area (Å²) in [4.78, 5) is 29.6. The van der Waals surface area contributed by atoms with Crippen molar-refractivity contribution in [3.05, 3.63) is 66.4 Å². The topological polar surface area (TPSA) is 61.9 Å². The van der Waals surface area contributed by atoms with Crippen LogP contribution in [0.4, 0.5) is 16.2 Å². The molecule has 32 heavy (non-hydrogen) atoms. The first-order valence-electron chi connectivity index (χ1n) is 11.2. The Kier molecular flexibility index (Phi) is 6.21. The summed E-state index contributed by atoms with van der Waals surface area (Å²) in [5.41, 5.74) is 2.50. The van der Waals surface area contributed by atoms with Gasteiger partial charge >= 0.3 is 6.09 Å². The van der Waals surface area contributed by atoms with Crippen LogP contribution in [0.1, 0.15) is 39.2 Å². The predicted octanol–water partition coefficient (Wildman–Crippen LogP) is 5.13. The van der Waals surface area contributed by atoms with E-state index in [4.69, 9.17) is 4.74 Å². The number of rotatable bonds is 4. The molecule has 0 radical (unpaired) electrons. The molecule has 2 aliphatic rings. The minimum absolute atomic E-state index is 0.104. The summed E-state index contributed by atoms with van der Waals surface area (Å²) < 4.78 is 5.48. The molecule has 6 nitrogen and oxygen atoms in total. The molecule has 2 aromatic rings. The second-order valence-corrected chi connectivity index (χ2v) is 9.34. The van der Waals surface area contributed by atoms with Crippen LogP contribution >= 0.6 is 0 Å². The summed E-state index contributed by atoms with van der Waals surface area (Å²) in [6, 6.07) is 18.0. The van der Waals surface area contributed by atoms with E-state index in [2.05, 4.69) is 5.32 Å². The van der Waals surface area contributed by atoms with Crippen molar-refractivity contribution in [3.63, 3.8) is 0 Å². The lowest BCUT2D eigenvalue weighted by Gasteiger charge is -2.34. The maximum absolute atomic E-state index is 13.5. The number of fused-ring (bicyclic) bond motifs is 1. The number of ketones is 1. The van der Waals surface area contributed by atoms with Gasteiger partial charge in [0.05, 0.1) is 11.4 Å². The summed E-state index contributed by atoms with van der Waals surface area (Å²) >= 11 is 0. The van der Waals surface area contributed by atoms with Gasteiger partial charge in [0.2, 0.25) is 0 Å². The van der Waals surface area contributed by atoms with E-state index in [-0.39, 0.29) is 17.8 Å². The van der Waals surface area contributed by atoms with Gasteiger partial charge in [-0.15, -0.1) is 0 Å². The fourth-order valence-electron chi connectivity index (χ4n) is 4.18. The number of benzene rings is 2. The number of para-hydroxylation sites is 2. The zero-order valence-electron chi connectivity index (χ0n) is 19.0. The molecule has 2 heterocycles. The minimum Gasteiger partial charge on any atom is -0.444 e. The first-order chi connectivity index (χ1) is 15.3. The predicted molar refractivity (Wildman–Crippen MR) is 127 cm³/mol. The molecular weight excluding hydrogens is 402 g/mol. The molecule has 2 aliphatic heterocycles. The third-order valence-electron chi connectivity index (χ3n) is 5.80. The van der Waals surface area contributed by atoms with Crippen LogP contribution in [0.2, 0.25) is 0 Å². The van der Waals surface area contributed by atoms with E-state index >= 15 is 0 Å². The van der Waals surface area contributed by atoms with Gasteiger partial charge in [-0.25, -0.2) is 4.79 Å². The van der Waals surface area contributed by atoms with Crippen molar-refractivity contribution in [1.29, 1.82) is 0 Å². The zero-order chi connectivity index (χ0) is 22.7. The molecule has 1 saturated heterocycles. The summed E-state index contributed by atoms with van der Waals surface area (Å²) in [6.45, 7) is 6.65. The molecule has 2 aromatic carbocycles. The maximum Gasteiger partial charge on any atom is 0.410 e. The van der Waals surface area contributed by atoms with Crippen LogP contribution in [0.15, 0.2) is 60.8 Å². The Morgan fingerprint density at radius 1 is 1.00 bits per heavy atom. The van der Waals surface area contributed by atoms with Crippen molar-refractivity contribution in [2.75, 3.05) is 23.3 Å². The number of nitrogens with one attached hydrogen (secondary N) is 1. The van der Waals surface area contributed by atoms with E-state index in [0.717, 1.165) is 16.9 Å². The van der Waals surface area contributed by atoms with Gasteiger partial charge in [-0.2, -0.15) is 0 Å². The quantitative estimate of drug-likeness (QED) is 0.724. The lowest BCUT2D eigenvalue weighted by atomic mass is 9.91. The SMILES string of the molecule is CC(C)(C)OC(=O)N1CCC(C(=O)C2Nc3ccccc3N2/C=C\c2ccccc2)CC1. The Morgan fingerprint density at radius 3 is 2.34 bits per heavy atom. The molecule has 0 bridgehead atoms. The van der Waals surface area contributed by atoms with Crippen LogP contribution in [-0.2, 0) is 9.53 Å². The average Bonchev–Trinajstić information content (AvgIpc) is 3.15. The Hall–Kier alpha value is -3.28. The molecule has 1 fully saturated rings. The van der Waals surface area contributed by atoms with Crippen molar-refractivity contribution < 1.29 is 14.3 Å². The van der Waals surface area contributed by atoms with Crippen molar-refractivity contribution in [2.24, 2.45) is 5.92 Å². The van der Waals surface area contributed by atoms with Crippen molar-refractivity contribution in [2.45, 2.75) is 45.4 Å². The second-order valence-electron chi connectivity index (χ2n) is 9.34. The highest BCUT2D eigenvalue weighted by Crippen LogP contribution is 2.37. The molecule has 1 unspecified atom stereocenters. The van der Waals surface area contributed by atoms with E-state index in [1.54, 1.807) is 4.90 Å². The molecule has 0 saturated carbocycles. The largest absolute Gasteiger partial charge is 0.444 e. The monoisotopic (exact) mass is 433 g/mol. The van der Waals surface area contributed by atoms with E-state index in [1.165, 1.54) is 0 Å². The van der Waals surface area contributed by atoms with Gasteiger partial charge in [-0.05, 0) is 57.4 Å². The number of nitrogens with zero attached hydrogens (tertiary/aromatic N) is 2. The third kappa shape index (κ3) is 4.96. The minimum atomic E-state index is -0.519. The number of hydrogen-bond acceptors (Lipinski definition) is 5. The average molecular weight is 434 g/mol. The molecule has 168 valence electrons. The molecule has 1 N–H and O–H groups in total. The van der Waals surface area contributed by atoms with Crippen LogP contribution < -0.4 is 10.2 Å². The normalized spacial score (nSPS) is 19.0. The Labute approximate surface area is 189 Å². The Bertz CT molecular complexity index is 989. The van der Waals surface area contributed by atoms with Crippen molar-refractivity contribution in [1.82, 2.24) is 4.90 Å². The maximum atomic E-state index is 13.5. The summed E-state index contributed by atoms with van der Waals surface area (Å²) in [6.07, 6.45) is 4.53. The number of Topliss-reactive ketones (excluding diaryl/α,β-unsaturated/α-hetero) is 1. The van der Waals surface area contributed by atoms with Crippen molar-refractivity contribution in [3.8, 4) is 0 Å². The summed E-state index contributed by atoms with van der Waals surface area (Å²) in [5, 5.41) is 3.40. The smallest absolute Gasteiger partial charge is 0.410 e. The molecule has 6 heteroatoms. The van der Waals surface area contributed by atoms with E-state index < -0.39 is 11.8 Å². The number of carbonyl (C=O) groups excluding carboxylic acids is 2. The highest BCUT2D eigenvalue weighted by molar-refractivity contribution is 5.97. The fraction of sp³-hybridized carbons (Fsp3) is 0.385. The number of piperidine rings is 1. The number of amides is 1. The van der Waals surface area contributed by atoms with Crippen molar-refractivity contribution >= 4 is 29.3 Å². The van der Waals surface area contributed by atoms with Gasteiger partial charge in [0.1, 0.15) is 5.60 Å². The lowest BCUT2D eigenvalue weighted by Crippen LogP contribution is -2.48. The van der Waals surface area contributed by atoms with Crippen LogP contribution in [0.3, 0.4) is 0 Å². The van der Waals surface area contributed by atoms with Crippen LogP contribution in [-0.4, -0.2) is 41.6 Å². The van der Waals surface area contributed by atoms with E-state index in [0.29, 0.717) is 25.9 Å². The Morgan fingerprint density at radius 2 is 1.66 bits per heavy atom. The van der Waals surface area contributed by atoms with Gasteiger partial charge in [-0.1, -0.05) is 42.5 Å². The van der Waals surface area contributed by atoms with Crippen LogP contribution in [0.5, 0.6) is 0 Å². The zero-order valence-corrected chi connectivity index (χ0v) is 19.0. The molecule has 4 rings (SSSR count). The number of likely N-dealkylation sites (tertiary alicyclic amines) is 1. The summed E-state index contributed by atoms with van der Waals surface area (Å²) in [5.74, 6) is 0.0517. The highest BCUT2D eigenvalue weighted by atomic mass is 16.6. The molecule has 1 amide bonds. The standard InChI is InChI=1S/C26H31N3O3/c1-26(2,3)32-25(31)28-16-14-20(15-17-28)23(30)24-27-21-11-7-8-12-22(21)29(24)18-13-19-9-5-4-6-10-19/h4-13,18,20,24,27H,14-17H2,1-3H3/b18-13-. The van der Waals surface area contributed by atoms with E-state index in [9.17, 15) is 9.59 Å². The summed E-state index contributed by atoms with van der Waals surface area (Å²) in [7, 11) is 0. The first kappa shape index (κ1) is 21.9. The second kappa shape index (κ2) is 9.07. The lowest BCUT2D eigenvalue weighted by molar-refractivity contribution is -0.124. The molecule has 0 aliphatic carbocycles. The number of hydrogen-bond donors (Lipinski definition) is 1. The molecular formula is C26H31N3O3. The van der Waals surface area contributed by atoms with Crippen LogP contribution in [0, 0.1) is 5.92 Å². The van der Waals surface area contributed by atoms with Gasteiger partial charge in [0.15, 0.2) is 11.9 Å². The van der Waals surface area contributed by atoms with Crippen LogP contribution in [0.25, 0.3) is 6.08 Å². The number of carbonyl (C=O) groups is 2. The number of anilines is 2. The van der Waals surface area contributed by atoms with Gasteiger partial charge in [0.25, 0.3) is 0 Å². The van der Waals surface area contributed by atoms with Gasteiger partial charge < -0.3 is 19.9 Å². The molecule has 0 spiro atoms. The fourth-order valence-corrected chi connectivity index (χ4v) is 4.18. The first-order valence-corrected chi connectivity index (χ1v) is 11.2.